The molecule has 10 heteroatoms. The molecule has 1 fully saturated rings. The summed E-state index contributed by atoms with van der Waals surface area (Å²) in [7, 11) is 1.91. The van der Waals surface area contributed by atoms with Crippen LogP contribution in [-0.4, -0.2) is 46.8 Å². The van der Waals surface area contributed by atoms with Gasteiger partial charge in [0.25, 0.3) is 5.56 Å². The molecule has 0 radical (unpaired) electrons. The number of aryl methyl sites for hydroxylation is 1. The van der Waals surface area contributed by atoms with Gasteiger partial charge in [0, 0.05) is 49.5 Å². The lowest BCUT2D eigenvalue weighted by molar-refractivity contribution is -0.274. The van der Waals surface area contributed by atoms with Crippen molar-refractivity contribution in [3.63, 3.8) is 0 Å². The van der Waals surface area contributed by atoms with Crippen molar-refractivity contribution in [1.29, 1.82) is 0 Å². The Bertz CT molecular complexity index is 1420. The first kappa shape index (κ1) is 23.0. The number of nitrogens with zero attached hydrogens (tertiary/aromatic N) is 4. The highest BCUT2D eigenvalue weighted by Gasteiger charge is 2.31. The minimum atomic E-state index is -4.77. The van der Waals surface area contributed by atoms with Crippen LogP contribution in [-0.2, 0) is 18.3 Å². The molecule has 7 nitrogen and oxygen atoms in total. The van der Waals surface area contributed by atoms with E-state index in [-0.39, 0.29) is 17.9 Å². The van der Waals surface area contributed by atoms with Gasteiger partial charge in [-0.15, -0.1) is 13.2 Å². The van der Waals surface area contributed by atoms with E-state index in [1.165, 1.54) is 28.8 Å². The number of hydrogen-bond acceptors (Lipinski definition) is 5. The second-order valence-electron chi connectivity index (χ2n) is 8.39. The summed E-state index contributed by atoms with van der Waals surface area (Å²) in [6.07, 6.45) is 0.670. The molecule has 0 amide bonds. The molecule has 182 valence electrons. The van der Waals surface area contributed by atoms with Crippen LogP contribution in [0.3, 0.4) is 0 Å². The van der Waals surface area contributed by atoms with Crippen molar-refractivity contribution in [2.24, 2.45) is 7.05 Å². The average Bonchev–Trinajstić information content (AvgIpc) is 3.16. The fraction of sp³-hybridized carbons (Fsp3) is 0.280. The van der Waals surface area contributed by atoms with Crippen LogP contribution < -0.4 is 15.2 Å². The molecule has 35 heavy (non-hydrogen) atoms. The summed E-state index contributed by atoms with van der Waals surface area (Å²) in [5.41, 5.74) is 3.69. The van der Waals surface area contributed by atoms with Gasteiger partial charge in [0.2, 0.25) is 0 Å². The summed E-state index contributed by atoms with van der Waals surface area (Å²) < 4.78 is 50.3. The summed E-state index contributed by atoms with van der Waals surface area (Å²) >= 11 is 0. The molecule has 1 aliphatic heterocycles. The highest BCUT2D eigenvalue weighted by atomic mass is 19.4. The molecule has 4 heterocycles. The van der Waals surface area contributed by atoms with Gasteiger partial charge in [-0.05, 0) is 35.4 Å². The van der Waals surface area contributed by atoms with Crippen LogP contribution >= 0.6 is 0 Å². The molecule has 0 N–H and O–H groups in total. The molecule has 0 bridgehead atoms. The minimum Gasteiger partial charge on any atom is -0.406 e. The van der Waals surface area contributed by atoms with Crippen LogP contribution in [0.25, 0.3) is 22.2 Å². The number of fused-ring (bicyclic) bond motifs is 1. The molecule has 1 aliphatic rings. The summed E-state index contributed by atoms with van der Waals surface area (Å²) in [6, 6.07) is 11.1. The van der Waals surface area contributed by atoms with Crippen LogP contribution in [0, 0.1) is 0 Å². The standard InChI is InChI=1S/C25H23F3N4O3/c1-30-16-22(21-13-19(14-29-24(21)30)31-7-9-34-10-8-31)18-5-6-32(23(33)12-18)15-17-3-2-4-20(11-17)35-25(26,27)28/h2-6,11-14,16H,7-10,15H2,1H3. The number of hydrogen-bond donors (Lipinski definition) is 0. The van der Waals surface area contributed by atoms with E-state index < -0.39 is 6.36 Å². The monoisotopic (exact) mass is 484 g/mol. The fourth-order valence-corrected chi connectivity index (χ4v) is 4.32. The van der Waals surface area contributed by atoms with Crippen molar-refractivity contribution in [3.05, 3.63) is 77.0 Å². The average molecular weight is 484 g/mol. The van der Waals surface area contributed by atoms with Gasteiger partial charge in [0.15, 0.2) is 0 Å². The van der Waals surface area contributed by atoms with Gasteiger partial charge in [0.05, 0.1) is 31.6 Å². The Morgan fingerprint density at radius 3 is 2.66 bits per heavy atom. The van der Waals surface area contributed by atoms with Crippen LogP contribution in [0.1, 0.15) is 5.56 Å². The predicted octanol–water partition coefficient (Wildman–Crippen LogP) is 4.19. The highest BCUT2D eigenvalue weighted by Crippen LogP contribution is 2.31. The Morgan fingerprint density at radius 1 is 1.11 bits per heavy atom. The first-order chi connectivity index (χ1) is 16.8. The Labute approximate surface area is 198 Å². The zero-order valence-electron chi connectivity index (χ0n) is 19.0. The lowest BCUT2D eigenvalue weighted by Gasteiger charge is -2.28. The molecule has 0 atom stereocenters. The van der Waals surface area contributed by atoms with Crippen LogP contribution in [0.4, 0.5) is 18.9 Å². The number of halogens is 3. The molecular weight excluding hydrogens is 461 g/mol. The Morgan fingerprint density at radius 2 is 1.91 bits per heavy atom. The normalized spacial score (nSPS) is 14.5. The van der Waals surface area contributed by atoms with Crippen molar-refractivity contribution in [2.45, 2.75) is 12.9 Å². The van der Waals surface area contributed by atoms with E-state index >= 15 is 0 Å². The lowest BCUT2D eigenvalue weighted by Crippen LogP contribution is -2.36. The Kier molecular flexibility index (Phi) is 5.98. The fourth-order valence-electron chi connectivity index (χ4n) is 4.32. The molecule has 1 saturated heterocycles. The Balaban J connectivity index is 1.44. The summed E-state index contributed by atoms with van der Waals surface area (Å²) in [5.74, 6) is -0.320. The van der Waals surface area contributed by atoms with Gasteiger partial charge in [-0.3, -0.25) is 4.79 Å². The number of anilines is 1. The molecule has 0 aliphatic carbocycles. The molecular formula is C25H23F3N4O3. The van der Waals surface area contributed by atoms with Crippen LogP contribution in [0.15, 0.2) is 65.8 Å². The van der Waals surface area contributed by atoms with E-state index in [1.54, 1.807) is 12.3 Å². The number of morpholine rings is 1. The topological polar surface area (TPSA) is 61.5 Å². The van der Waals surface area contributed by atoms with E-state index in [9.17, 15) is 18.0 Å². The predicted molar refractivity (Wildman–Crippen MR) is 126 cm³/mol. The number of pyridine rings is 2. The van der Waals surface area contributed by atoms with Gasteiger partial charge in [-0.25, -0.2) is 4.98 Å². The number of alkyl halides is 3. The zero-order chi connectivity index (χ0) is 24.6. The maximum absolute atomic E-state index is 12.9. The number of ether oxygens (including phenoxy) is 2. The molecule has 0 unspecified atom stereocenters. The maximum Gasteiger partial charge on any atom is 0.573 e. The first-order valence-corrected chi connectivity index (χ1v) is 11.1. The van der Waals surface area contributed by atoms with Gasteiger partial charge in [0.1, 0.15) is 11.4 Å². The van der Waals surface area contributed by atoms with Crippen molar-refractivity contribution in [1.82, 2.24) is 14.1 Å². The van der Waals surface area contributed by atoms with Gasteiger partial charge < -0.3 is 23.5 Å². The van der Waals surface area contributed by atoms with E-state index in [0.717, 1.165) is 40.9 Å². The molecule has 3 aromatic heterocycles. The molecule has 4 aromatic rings. The number of benzene rings is 1. The third-order valence-electron chi connectivity index (χ3n) is 5.97. The minimum absolute atomic E-state index is 0.118. The molecule has 0 spiro atoms. The van der Waals surface area contributed by atoms with Gasteiger partial charge >= 0.3 is 6.36 Å². The Hall–Kier alpha value is -3.79. The van der Waals surface area contributed by atoms with E-state index in [0.29, 0.717) is 18.8 Å². The highest BCUT2D eigenvalue weighted by molar-refractivity contribution is 5.95. The smallest absolute Gasteiger partial charge is 0.406 e. The third kappa shape index (κ3) is 5.02. The lowest BCUT2D eigenvalue weighted by atomic mass is 10.1. The van der Waals surface area contributed by atoms with E-state index in [1.807, 2.05) is 30.1 Å². The van der Waals surface area contributed by atoms with E-state index in [4.69, 9.17) is 4.74 Å². The third-order valence-corrected chi connectivity index (χ3v) is 5.97. The van der Waals surface area contributed by atoms with Gasteiger partial charge in [-0.1, -0.05) is 12.1 Å². The van der Waals surface area contributed by atoms with Gasteiger partial charge in [-0.2, -0.15) is 0 Å². The number of aromatic nitrogens is 3. The van der Waals surface area contributed by atoms with Crippen molar-refractivity contribution >= 4 is 16.7 Å². The molecule has 5 rings (SSSR count). The second-order valence-corrected chi connectivity index (χ2v) is 8.39. The summed E-state index contributed by atoms with van der Waals surface area (Å²) in [6.45, 7) is 3.04. The van der Waals surface area contributed by atoms with Crippen LogP contribution in [0.2, 0.25) is 0 Å². The van der Waals surface area contributed by atoms with Crippen molar-refractivity contribution < 1.29 is 22.6 Å². The van der Waals surface area contributed by atoms with E-state index in [2.05, 4.69) is 20.7 Å². The SMILES string of the molecule is Cn1cc(-c2ccn(Cc3cccc(OC(F)(F)F)c3)c(=O)c2)c2cc(N3CCOCC3)cnc21. The molecule has 0 saturated carbocycles. The van der Waals surface area contributed by atoms with Crippen molar-refractivity contribution in [2.75, 3.05) is 31.2 Å². The zero-order valence-corrected chi connectivity index (χ0v) is 19.0. The quantitative estimate of drug-likeness (QED) is 0.425. The summed E-state index contributed by atoms with van der Waals surface area (Å²) in [4.78, 5) is 19.8. The molecule has 1 aromatic carbocycles. The van der Waals surface area contributed by atoms with Crippen molar-refractivity contribution in [3.8, 4) is 16.9 Å². The second kappa shape index (κ2) is 9.10. The maximum atomic E-state index is 12.9. The number of rotatable bonds is 5. The summed E-state index contributed by atoms with van der Waals surface area (Å²) in [5, 5.41) is 0.936. The largest absolute Gasteiger partial charge is 0.573 e. The van der Waals surface area contributed by atoms with Crippen LogP contribution in [0.5, 0.6) is 5.75 Å². The first-order valence-electron chi connectivity index (χ1n) is 11.1.